The van der Waals surface area contributed by atoms with Gasteiger partial charge in [-0.2, -0.15) is 0 Å². The lowest BCUT2D eigenvalue weighted by atomic mass is 10.2. The zero-order valence-electron chi connectivity index (χ0n) is 6.01. The lowest BCUT2D eigenvalue weighted by Gasteiger charge is -2.19. The molecule has 2 N–H and O–H groups in total. The molecule has 0 spiro atoms. The Hall–Kier alpha value is -1.30. The molecule has 0 aromatic rings. The third-order valence-electron chi connectivity index (χ3n) is 2.13. The second-order valence-electron chi connectivity index (χ2n) is 2.84. The molecule has 0 radical (unpaired) electrons. The van der Waals surface area contributed by atoms with E-state index in [-0.39, 0.29) is 12.5 Å². The first-order valence-electron chi connectivity index (χ1n) is 3.51. The smallest absolute Gasteiger partial charge is 0.410 e. The number of aliphatic carboxylic acids is 1. The maximum absolute atomic E-state index is 10.5. The highest BCUT2D eigenvalue weighted by Gasteiger charge is 2.58. The third-order valence-corrected chi connectivity index (χ3v) is 2.13. The fraction of sp³-hybridized carbons (Fsp3) is 0.667. The van der Waals surface area contributed by atoms with Crippen LogP contribution in [0.5, 0.6) is 0 Å². The van der Waals surface area contributed by atoms with Crippen LogP contribution < -0.4 is 0 Å². The molecule has 2 aliphatic rings. The molecule has 0 aliphatic carbocycles. The van der Waals surface area contributed by atoms with Gasteiger partial charge in [-0.1, -0.05) is 0 Å². The Bertz CT molecular complexity index is 252. The van der Waals surface area contributed by atoms with E-state index in [4.69, 9.17) is 14.9 Å². The molecule has 2 aliphatic heterocycles. The largest absolute Gasteiger partial charge is 0.480 e. The average Bonchev–Trinajstić information content (AvgIpc) is 2.60. The molecule has 1 amide bonds. The number of hydrogen-bond acceptors (Lipinski definition) is 3. The molecular weight excluding hydrogens is 166 g/mol. The molecule has 2 rings (SSSR count). The summed E-state index contributed by atoms with van der Waals surface area (Å²) in [6.07, 6.45) is -1.66. The fourth-order valence-electron chi connectivity index (χ4n) is 1.52. The zero-order valence-corrected chi connectivity index (χ0v) is 6.01. The number of amides is 1. The van der Waals surface area contributed by atoms with Gasteiger partial charge in [-0.3, -0.25) is 4.90 Å². The Morgan fingerprint density at radius 2 is 2.08 bits per heavy atom. The normalized spacial score (nSPS) is 37.7. The van der Waals surface area contributed by atoms with Crippen LogP contribution in [0.25, 0.3) is 0 Å². The van der Waals surface area contributed by atoms with Crippen LogP contribution in [0.3, 0.4) is 0 Å². The summed E-state index contributed by atoms with van der Waals surface area (Å²) in [5.41, 5.74) is 0. The van der Waals surface area contributed by atoms with Crippen LogP contribution in [0.1, 0.15) is 6.42 Å². The Kier molecular flexibility index (Phi) is 1.29. The molecular formula is C6H7NO5. The zero-order chi connectivity index (χ0) is 8.88. The summed E-state index contributed by atoms with van der Waals surface area (Å²) in [6.45, 7) is 0. The number of hydrogen-bond donors (Lipinski definition) is 2. The van der Waals surface area contributed by atoms with Crippen molar-refractivity contribution in [2.75, 3.05) is 0 Å². The minimum Gasteiger partial charge on any atom is -0.480 e. The number of carboxylic acid groups (broad SMARTS) is 2. The van der Waals surface area contributed by atoms with Gasteiger partial charge in [0.15, 0.2) is 6.23 Å². The average molecular weight is 173 g/mol. The van der Waals surface area contributed by atoms with Gasteiger partial charge in [0, 0.05) is 6.42 Å². The summed E-state index contributed by atoms with van der Waals surface area (Å²) in [5, 5.41) is 17.2. The maximum Gasteiger partial charge on any atom is 0.410 e. The highest BCUT2D eigenvalue weighted by molar-refractivity contribution is 5.80. The predicted octanol–water partition coefficient (Wildman–Crippen LogP) is -0.452. The van der Waals surface area contributed by atoms with E-state index in [1.807, 2.05) is 0 Å². The fourth-order valence-corrected chi connectivity index (χ4v) is 1.52. The first kappa shape index (κ1) is 7.35. The summed E-state index contributed by atoms with van der Waals surface area (Å²) in [4.78, 5) is 21.9. The summed E-state index contributed by atoms with van der Waals surface area (Å²) in [5.74, 6) is -1.10. The van der Waals surface area contributed by atoms with Gasteiger partial charge < -0.3 is 14.9 Å². The van der Waals surface area contributed by atoms with E-state index >= 15 is 0 Å². The van der Waals surface area contributed by atoms with Crippen molar-refractivity contribution in [2.24, 2.45) is 0 Å². The van der Waals surface area contributed by atoms with E-state index in [9.17, 15) is 9.59 Å². The minimum absolute atomic E-state index is 0.192. The van der Waals surface area contributed by atoms with Crippen LogP contribution in [-0.2, 0) is 9.53 Å². The van der Waals surface area contributed by atoms with Gasteiger partial charge in [0.2, 0.25) is 0 Å². The highest BCUT2D eigenvalue weighted by Crippen LogP contribution is 2.39. The molecule has 3 atom stereocenters. The number of ether oxygens (including phenoxy) is 1. The Balaban J connectivity index is 2.16. The maximum atomic E-state index is 10.5. The second-order valence-corrected chi connectivity index (χ2v) is 2.84. The van der Waals surface area contributed by atoms with Gasteiger partial charge >= 0.3 is 12.1 Å². The second kappa shape index (κ2) is 2.10. The molecule has 66 valence electrons. The lowest BCUT2D eigenvalue weighted by Crippen LogP contribution is -2.42. The van der Waals surface area contributed by atoms with Crippen molar-refractivity contribution < 1.29 is 24.5 Å². The number of rotatable bonds is 1. The quantitative estimate of drug-likeness (QED) is 0.524. The summed E-state index contributed by atoms with van der Waals surface area (Å²) >= 11 is 0. The van der Waals surface area contributed by atoms with Gasteiger partial charge in [-0.05, 0) is 0 Å². The van der Waals surface area contributed by atoms with Crippen molar-refractivity contribution in [2.45, 2.75) is 24.8 Å². The number of likely N-dealkylation sites (tertiary alicyclic amines) is 1. The summed E-state index contributed by atoms with van der Waals surface area (Å²) < 4.78 is 4.89. The molecule has 6 heteroatoms. The standard InChI is InChI=1S/C6H7NO5/c8-5(9)2-1-3-4(12-3)7(2)6(10)11/h2-4H,1H2,(H,8,9)(H,10,11). The Morgan fingerprint density at radius 1 is 1.42 bits per heavy atom. The summed E-state index contributed by atoms with van der Waals surface area (Å²) in [6, 6.07) is -0.925. The Labute approximate surface area is 67.3 Å². The van der Waals surface area contributed by atoms with Crippen LogP contribution in [-0.4, -0.2) is 45.5 Å². The highest BCUT2D eigenvalue weighted by atomic mass is 16.6. The van der Waals surface area contributed by atoms with Gasteiger partial charge in [-0.15, -0.1) is 0 Å². The summed E-state index contributed by atoms with van der Waals surface area (Å²) in [7, 11) is 0. The molecule has 2 saturated heterocycles. The van der Waals surface area contributed by atoms with Crippen LogP contribution in [0.2, 0.25) is 0 Å². The van der Waals surface area contributed by atoms with Crippen LogP contribution in [0, 0.1) is 0 Å². The molecule has 3 unspecified atom stereocenters. The van der Waals surface area contributed by atoms with Crippen LogP contribution >= 0.6 is 0 Å². The van der Waals surface area contributed by atoms with Crippen molar-refractivity contribution >= 4 is 12.1 Å². The van der Waals surface area contributed by atoms with Crippen LogP contribution in [0.15, 0.2) is 0 Å². The van der Waals surface area contributed by atoms with E-state index < -0.39 is 24.3 Å². The van der Waals surface area contributed by atoms with Crippen molar-refractivity contribution in [3.8, 4) is 0 Å². The molecule has 0 aromatic carbocycles. The van der Waals surface area contributed by atoms with E-state index in [0.717, 1.165) is 4.90 Å². The number of fused-ring (bicyclic) bond motifs is 1. The molecule has 2 fully saturated rings. The Morgan fingerprint density at radius 3 is 2.50 bits per heavy atom. The van der Waals surface area contributed by atoms with Crippen LogP contribution in [0.4, 0.5) is 4.79 Å². The van der Waals surface area contributed by atoms with Gasteiger partial charge in [0.1, 0.15) is 12.1 Å². The molecule has 0 saturated carbocycles. The van der Waals surface area contributed by atoms with E-state index in [1.165, 1.54) is 0 Å². The van der Waals surface area contributed by atoms with Crippen molar-refractivity contribution in [3.63, 3.8) is 0 Å². The number of epoxide rings is 1. The lowest BCUT2D eigenvalue weighted by molar-refractivity contribution is -0.143. The topological polar surface area (TPSA) is 90.4 Å². The third kappa shape index (κ3) is 0.845. The number of carbonyl (C=O) groups is 2. The van der Waals surface area contributed by atoms with E-state index in [0.29, 0.717) is 0 Å². The molecule has 0 bridgehead atoms. The van der Waals surface area contributed by atoms with Gasteiger partial charge in [-0.25, -0.2) is 9.59 Å². The van der Waals surface area contributed by atoms with Gasteiger partial charge in [0.05, 0.1) is 0 Å². The number of nitrogens with zero attached hydrogens (tertiary/aromatic N) is 1. The number of carboxylic acids is 1. The first-order chi connectivity index (χ1) is 5.61. The van der Waals surface area contributed by atoms with Crippen molar-refractivity contribution in [3.05, 3.63) is 0 Å². The molecule has 6 nitrogen and oxygen atoms in total. The van der Waals surface area contributed by atoms with E-state index in [2.05, 4.69) is 0 Å². The molecule has 12 heavy (non-hydrogen) atoms. The monoisotopic (exact) mass is 173 g/mol. The van der Waals surface area contributed by atoms with Crippen molar-refractivity contribution in [1.29, 1.82) is 0 Å². The predicted molar refractivity (Wildman–Crippen MR) is 34.6 cm³/mol. The first-order valence-corrected chi connectivity index (χ1v) is 3.51. The molecule has 0 aromatic heterocycles. The minimum atomic E-state index is -1.23. The van der Waals surface area contributed by atoms with Crippen molar-refractivity contribution in [1.82, 2.24) is 4.90 Å². The SMILES string of the molecule is O=C(O)C1CC2OC2N1C(=O)O. The van der Waals surface area contributed by atoms with Gasteiger partial charge in [0.25, 0.3) is 0 Å². The molecule has 2 heterocycles. The van der Waals surface area contributed by atoms with E-state index in [1.54, 1.807) is 0 Å².